The van der Waals surface area contributed by atoms with Gasteiger partial charge in [0.05, 0.1) is 0 Å². The lowest BCUT2D eigenvalue weighted by molar-refractivity contribution is -0.139. The van der Waals surface area contributed by atoms with Gasteiger partial charge in [-0.15, -0.1) is 0 Å². The molecule has 0 radical (unpaired) electrons. The third-order valence-electron chi connectivity index (χ3n) is 2.87. The highest BCUT2D eigenvalue weighted by Crippen LogP contribution is 2.08. The number of amides is 2. The van der Waals surface area contributed by atoms with Gasteiger partial charge in [0.15, 0.2) is 0 Å². The summed E-state index contributed by atoms with van der Waals surface area (Å²) < 4.78 is 1.00. The molecule has 2 amide bonds. The van der Waals surface area contributed by atoms with E-state index in [1.807, 2.05) is 0 Å². The van der Waals surface area contributed by atoms with Gasteiger partial charge >= 0.3 is 5.97 Å². The van der Waals surface area contributed by atoms with Crippen LogP contribution in [0.5, 0.6) is 0 Å². The summed E-state index contributed by atoms with van der Waals surface area (Å²) in [6.07, 6.45) is 1.64. The average molecular weight is 337 g/mol. The maximum atomic E-state index is 11.8. The standard InChI is InChI=1S/C12H23N3O4S2/c1-8(11(17)14-6-2-3-7-20)15(21)10(16)5-4-9(13)12(18)19/h8-9,20-21H,2-7,13H2,1H3,(H,14,17)(H,18,19). The summed E-state index contributed by atoms with van der Waals surface area (Å²) in [4.78, 5) is 34.2. The lowest BCUT2D eigenvalue weighted by Crippen LogP contribution is -2.44. The molecule has 7 nitrogen and oxygen atoms in total. The van der Waals surface area contributed by atoms with Crippen LogP contribution in [0.2, 0.25) is 0 Å². The summed E-state index contributed by atoms with van der Waals surface area (Å²) >= 11 is 8.07. The van der Waals surface area contributed by atoms with Crippen LogP contribution in [0.4, 0.5) is 0 Å². The fourth-order valence-corrected chi connectivity index (χ4v) is 1.87. The van der Waals surface area contributed by atoms with E-state index < -0.39 is 24.0 Å². The van der Waals surface area contributed by atoms with E-state index in [4.69, 9.17) is 10.8 Å². The van der Waals surface area contributed by atoms with Crippen LogP contribution in [0.15, 0.2) is 0 Å². The van der Waals surface area contributed by atoms with Crippen LogP contribution in [0.3, 0.4) is 0 Å². The molecule has 0 aromatic rings. The molecule has 0 heterocycles. The van der Waals surface area contributed by atoms with Gasteiger partial charge < -0.3 is 16.2 Å². The van der Waals surface area contributed by atoms with E-state index in [1.165, 1.54) is 0 Å². The van der Waals surface area contributed by atoms with Gasteiger partial charge in [0.1, 0.15) is 12.1 Å². The minimum absolute atomic E-state index is 0.00150. The largest absolute Gasteiger partial charge is 0.480 e. The van der Waals surface area contributed by atoms with Crippen LogP contribution in [0.25, 0.3) is 0 Å². The number of aliphatic carboxylic acids is 1. The summed E-state index contributed by atoms with van der Waals surface area (Å²) in [6, 6.07) is -1.83. The molecule has 0 aliphatic carbocycles. The molecule has 0 aromatic carbocycles. The number of thiol groups is 2. The summed E-state index contributed by atoms with van der Waals surface area (Å²) in [5.74, 6) is -1.15. The molecule has 0 fully saturated rings. The SMILES string of the molecule is CC(C(=O)NCCCCS)N(S)C(=O)CCC(N)C(=O)O. The molecule has 0 aliphatic heterocycles. The van der Waals surface area contributed by atoms with Gasteiger partial charge in [-0.1, -0.05) is 12.8 Å². The second kappa shape index (κ2) is 10.7. The second-order valence-electron chi connectivity index (χ2n) is 4.62. The van der Waals surface area contributed by atoms with Crippen molar-refractivity contribution in [3.05, 3.63) is 0 Å². The number of unbranched alkanes of at least 4 members (excludes halogenated alkanes) is 1. The van der Waals surface area contributed by atoms with Crippen molar-refractivity contribution in [1.82, 2.24) is 9.62 Å². The molecule has 21 heavy (non-hydrogen) atoms. The average Bonchev–Trinajstić information content (AvgIpc) is 2.46. The van der Waals surface area contributed by atoms with Gasteiger partial charge in [-0.05, 0) is 31.9 Å². The predicted molar refractivity (Wildman–Crippen MR) is 86.2 cm³/mol. The zero-order valence-corrected chi connectivity index (χ0v) is 13.8. The van der Waals surface area contributed by atoms with Crippen LogP contribution < -0.4 is 11.1 Å². The first-order chi connectivity index (χ1) is 9.81. The van der Waals surface area contributed by atoms with Gasteiger partial charge in [0.2, 0.25) is 11.8 Å². The van der Waals surface area contributed by atoms with Crippen LogP contribution >= 0.6 is 25.4 Å². The molecule has 9 heteroatoms. The first-order valence-corrected chi connectivity index (χ1v) is 7.72. The molecule has 122 valence electrons. The van der Waals surface area contributed by atoms with Crippen molar-refractivity contribution in [3.63, 3.8) is 0 Å². The molecule has 0 saturated carbocycles. The molecular weight excluding hydrogens is 314 g/mol. The van der Waals surface area contributed by atoms with Gasteiger partial charge in [0.25, 0.3) is 0 Å². The highest BCUT2D eigenvalue weighted by Gasteiger charge is 2.24. The molecular formula is C12H23N3O4S2. The highest BCUT2D eigenvalue weighted by molar-refractivity contribution is 7.80. The van der Waals surface area contributed by atoms with Crippen molar-refractivity contribution >= 4 is 43.2 Å². The molecule has 0 aliphatic rings. The lowest BCUT2D eigenvalue weighted by atomic mass is 10.1. The van der Waals surface area contributed by atoms with Gasteiger partial charge in [0, 0.05) is 13.0 Å². The Morgan fingerprint density at radius 1 is 1.33 bits per heavy atom. The summed E-state index contributed by atoms with van der Waals surface area (Å²) in [6.45, 7) is 2.07. The first kappa shape index (κ1) is 20.1. The Bertz CT molecular complexity index is 368. The normalized spacial score (nSPS) is 13.3. The van der Waals surface area contributed by atoms with E-state index in [-0.39, 0.29) is 18.7 Å². The van der Waals surface area contributed by atoms with E-state index in [1.54, 1.807) is 6.92 Å². The van der Waals surface area contributed by atoms with Crippen LogP contribution in [-0.2, 0) is 14.4 Å². The predicted octanol–water partition coefficient (Wildman–Crippen LogP) is 0.0666. The van der Waals surface area contributed by atoms with E-state index >= 15 is 0 Å². The number of hydrogen-bond acceptors (Lipinski definition) is 6. The Balaban J connectivity index is 4.16. The number of nitrogens with zero attached hydrogens (tertiary/aromatic N) is 1. The minimum atomic E-state index is -1.16. The zero-order valence-electron chi connectivity index (χ0n) is 12.0. The Labute approximate surface area is 135 Å². The number of nitrogens with one attached hydrogen (secondary N) is 1. The first-order valence-electron chi connectivity index (χ1n) is 6.69. The monoisotopic (exact) mass is 337 g/mol. The van der Waals surface area contributed by atoms with Gasteiger partial charge in [-0.3, -0.25) is 18.7 Å². The minimum Gasteiger partial charge on any atom is -0.480 e. The quantitative estimate of drug-likeness (QED) is 0.286. The smallest absolute Gasteiger partial charge is 0.320 e. The maximum Gasteiger partial charge on any atom is 0.320 e. The van der Waals surface area contributed by atoms with Gasteiger partial charge in [-0.2, -0.15) is 12.6 Å². The number of nitrogens with two attached hydrogens (primary N) is 1. The summed E-state index contributed by atoms with van der Waals surface area (Å²) in [5.41, 5.74) is 5.31. The summed E-state index contributed by atoms with van der Waals surface area (Å²) in [5, 5.41) is 11.3. The number of rotatable bonds is 10. The van der Waals surface area contributed by atoms with Crippen molar-refractivity contribution < 1.29 is 19.5 Å². The fourth-order valence-electron chi connectivity index (χ4n) is 1.44. The van der Waals surface area contributed by atoms with E-state index in [0.717, 1.165) is 22.9 Å². The Morgan fingerprint density at radius 2 is 1.95 bits per heavy atom. The molecule has 2 unspecified atom stereocenters. The highest BCUT2D eigenvalue weighted by atomic mass is 32.1. The van der Waals surface area contributed by atoms with Crippen LogP contribution in [0.1, 0.15) is 32.6 Å². The van der Waals surface area contributed by atoms with Crippen molar-refractivity contribution in [3.8, 4) is 0 Å². The van der Waals surface area contributed by atoms with Crippen LogP contribution in [-0.4, -0.2) is 51.6 Å². The third-order valence-corrected chi connectivity index (χ3v) is 3.76. The van der Waals surface area contributed by atoms with Crippen molar-refractivity contribution in [2.45, 2.75) is 44.7 Å². The molecule has 0 spiro atoms. The second-order valence-corrected chi connectivity index (χ2v) is 5.50. The number of hydrogen-bond donors (Lipinski definition) is 5. The molecule has 0 bridgehead atoms. The van der Waals surface area contributed by atoms with Crippen molar-refractivity contribution in [2.75, 3.05) is 12.3 Å². The zero-order chi connectivity index (χ0) is 16.4. The van der Waals surface area contributed by atoms with Crippen molar-refractivity contribution in [1.29, 1.82) is 0 Å². The topological polar surface area (TPSA) is 113 Å². The number of carbonyl (C=O) groups excluding carboxylic acids is 2. The Morgan fingerprint density at radius 3 is 2.48 bits per heavy atom. The third kappa shape index (κ3) is 8.18. The number of carboxylic acids is 1. The fraction of sp³-hybridized carbons (Fsp3) is 0.750. The molecule has 0 saturated heterocycles. The van der Waals surface area contributed by atoms with E-state index in [0.29, 0.717) is 6.54 Å². The van der Waals surface area contributed by atoms with Crippen LogP contribution in [0, 0.1) is 0 Å². The van der Waals surface area contributed by atoms with Gasteiger partial charge in [-0.25, -0.2) is 0 Å². The Hall–Kier alpha value is -0.930. The summed E-state index contributed by atoms with van der Waals surface area (Å²) in [7, 11) is 0. The molecule has 2 atom stereocenters. The Kier molecular flexibility index (Phi) is 10.3. The van der Waals surface area contributed by atoms with Crippen molar-refractivity contribution in [2.24, 2.45) is 5.73 Å². The molecule has 0 aromatic heterocycles. The lowest BCUT2D eigenvalue weighted by Gasteiger charge is -2.23. The van der Waals surface area contributed by atoms with E-state index in [2.05, 4.69) is 30.8 Å². The molecule has 0 rings (SSSR count). The maximum absolute atomic E-state index is 11.8. The number of carbonyl (C=O) groups is 3. The van der Waals surface area contributed by atoms with E-state index in [9.17, 15) is 14.4 Å². The number of carboxylic acid groups (broad SMARTS) is 1. The molecule has 4 N–H and O–H groups in total.